The van der Waals surface area contributed by atoms with Gasteiger partial charge in [0.05, 0.1) is 23.5 Å². The lowest BCUT2D eigenvalue weighted by Crippen LogP contribution is -2.40. The summed E-state index contributed by atoms with van der Waals surface area (Å²) in [5.41, 5.74) is 2.22. The number of imidazole rings is 1. The summed E-state index contributed by atoms with van der Waals surface area (Å²) in [5, 5.41) is 5.49. The van der Waals surface area contributed by atoms with Crippen molar-refractivity contribution in [1.29, 1.82) is 0 Å². The monoisotopic (exact) mass is 369 g/mol. The average Bonchev–Trinajstić information content (AvgIpc) is 3.28. The summed E-state index contributed by atoms with van der Waals surface area (Å²) in [7, 11) is 0. The Kier molecular flexibility index (Phi) is 4.99. The van der Waals surface area contributed by atoms with Gasteiger partial charge in [-0.15, -0.1) is 11.3 Å². The molecule has 1 aromatic carbocycles. The third-order valence-corrected chi connectivity index (χ3v) is 5.64. The summed E-state index contributed by atoms with van der Waals surface area (Å²) in [6.07, 6.45) is 3.67. The fraction of sp³-hybridized carbons (Fsp3) is 0.421. The van der Waals surface area contributed by atoms with Crippen molar-refractivity contribution in [3.8, 4) is 0 Å². The number of benzene rings is 1. The van der Waals surface area contributed by atoms with Gasteiger partial charge in [0.1, 0.15) is 5.82 Å². The SMILES string of the molecule is CCn1c(CN2CCC[C@H](C(=O)Nc3nccs3)C2)nc2ccccc21. The number of hydrogen-bond acceptors (Lipinski definition) is 5. The number of fused-ring (bicyclic) bond motifs is 1. The van der Waals surface area contributed by atoms with Crippen LogP contribution < -0.4 is 5.32 Å². The molecule has 7 heteroatoms. The average molecular weight is 369 g/mol. The van der Waals surface area contributed by atoms with E-state index < -0.39 is 0 Å². The number of anilines is 1. The van der Waals surface area contributed by atoms with Gasteiger partial charge in [-0.2, -0.15) is 0 Å². The van der Waals surface area contributed by atoms with Crippen LogP contribution in [0.4, 0.5) is 5.13 Å². The molecule has 1 saturated heterocycles. The zero-order valence-electron chi connectivity index (χ0n) is 14.9. The van der Waals surface area contributed by atoms with Crippen LogP contribution in [0.3, 0.4) is 0 Å². The number of nitrogens with zero attached hydrogens (tertiary/aromatic N) is 4. The van der Waals surface area contributed by atoms with Crippen molar-refractivity contribution in [2.24, 2.45) is 5.92 Å². The molecule has 3 heterocycles. The quantitative estimate of drug-likeness (QED) is 0.749. The Morgan fingerprint density at radius 3 is 3.08 bits per heavy atom. The molecule has 4 rings (SSSR count). The maximum Gasteiger partial charge on any atom is 0.230 e. The van der Waals surface area contributed by atoms with Crippen molar-refractivity contribution in [2.75, 3.05) is 18.4 Å². The van der Waals surface area contributed by atoms with Crippen LogP contribution in [0.15, 0.2) is 35.8 Å². The number of para-hydroxylation sites is 2. The highest BCUT2D eigenvalue weighted by Gasteiger charge is 2.27. The van der Waals surface area contributed by atoms with Crippen LogP contribution in [-0.2, 0) is 17.9 Å². The summed E-state index contributed by atoms with van der Waals surface area (Å²) >= 11 is 1.46. The molecule has 0 bridgehead atoms. The summed E-state index contributed by atoms with van der Waals surface area (Å²) < 4.78 is 2.27. The molecule has 0 spiro atoms. The molecule has 1 aliphatic rings. The number of piperidine rings is 1. The van der Waals surface area contributed by atoms with Gasteiger partial charge < -0.3 is 9.88 Å². The van der Waals surface area contributed by atoms with Crippen molar-refractivity contribution in [1.82, 2.24) is 19.4 Å². The number of rotatable bonds is 5. The van der Waals surface area contributed by atoms with Crippen LogP contribution in [0.25, 0.3) is 11.0 Å². The first-order chi connectivity index (χ1) is 12.7. The number of hydrogen-bond donors (Lipinski definition) is 1. The number of likely N-dealkylation sites (tertiary alicyclic amines) is 1. The van der Waals surface area contributed by atoms with Gasteiger partial charge in [0.2, 0.25) is 5.91 Å². The van der Waals surface area contributed by atoms with Crippen molar-refractivity contribution in [3.05, 3.63) is 41.7 Å². The second-order valence-electron chi connectivity index (χ2n) is 6.66. The Labute approximate surface area is 156 Å². The lowest BCUT2D eigenvalue weighted by molar-refractivity contribution is -0.121. The molecule has 0 unspecified atom stereocenters. The number of nitrogens with one attached hydrogen (secondary N) is 1. The van der Waals surface area contributed by atoms with Crippen LogP contribution in [0, 0.1) is 5.92 Å². The van der Waals surface area contributed by atoms with Crippen molar-refractivity contribution in [2.45, 2.75) is 32.9 Å². The Balaban J connectivity index is 1.46. The van der Waals surface area contributed by atoms with Crippen LogP contribution in [-0.4, -0.2) is 38.4 Å². The van der Waals surface area contributed by atoms with E-state index in [1.54, 1.807) is 6.20 Å². The van der Waals surface area contributed by atoms with Gasteiger partial charge in [-0.1, -0.05) is 12.1 Å². The minimum atomic E-state index is 0.00658. The zero-order chi connectivity index (χ0) is 17.9. The molecular weight excluding hydrogens is 346 g/mol. The Bertz CT molecular complexity index is 889. The number of carbonyl (C=O) groups is 1. The van der Waals surface area contributed by atoms with E-state index in [4.69, 9.17) is 4.98 Å². The number of aromatic nitrogens is 3. The molecule has 1 N–H and O–H groups in total. The first kappa shape index (κ1) is 17.2. The number of aryl methyl sites for hydroxylation is 1. The molecule has 6 nitrogen and oxygen atoms in total. The normalized spacial score (nSPS) is 18.3. The molecule has 1 aliphatic heterocycles. The van der Waals surface area contributed by atoms with Crippen molar-refractivity contribution in [3.63, 3.8) is 0 Å². The van der Waals surface area contributed by atoms with E-state index in [0.29, 0.717) is 5.13 Å². The van der Waals surface area contributed by atoms with Crippen molar-refractivity contribution < 1.29 is 4.79 Å². The molecule has 2 aromatic heterocycles. The number of amides is 1. The number of carbonyl (C=O) groups excluding carboxylic acids is 1. The van der Waals surface area contributed by atoms with E-state index in [1.165, 1.54) is 16.9 Å². The van der Waals surface area contributed by atoms with Crippen LogP contribution >= 0.6 is 11.3 Å². The molecule has 26 heavy (non-hydrogen) atoms. The van der Waals surface area contributed by atoms with E-state index >= 15 is 0 Å². The van der Waals surface area contributed by atoms with E-state index in [1.807, 2.05) is 11.4 Å². The lowest BCUT2D eigenvalue weighted by Gasteiger charge is -2.31. The fourth-order valence-electron chi connectivity index (χ4n) is 3.70. The van der Waals surface area contributed by atoms with E-state index in [2.05, 4.69) is 44.9 Å². The third kappa shape index (κ3) is 3.50. The summed E-state index contributed by atoms with van der Waals surface area (Å²) in [5.74, 6) is 1.16. The molecular formula is C19H23N5OS. The van der Waals surface area contributed by atoms with Gasteiger partial charge >= 0.3 is 0 Å². The largest absolute Gasteiger partial charge is 0.327 e. The van der Waals surface area contributed by atoms with Gasteiger partial charge in [-0.25, -0.2) is 9.97 Å². The Morgan fingerprint density at radius 2 is 2.27 bits per heavy atom. The fourth-order valence-corrected chi connectivity index (χ4v) is 4.24. The second kappa shape index (κ2) is 7.55. The molecule has 1 amide bonds. The Hall–Kier alpha value is -2.25. The maximum absolute atomic E-state index is 12.5. The molecule has 0 saturated carbocycles. The molecule has 0 radical (unpaired) electrons. The number of thiazole rings is 1. The standard InChI is InChI=1S/C19H23N5OS/c1-2-24-16-8-4-3-7-15(16)21-17(24)13-23-10-5-6-14(12-23)18(25)22-19-20-9-11-26-19/h3-4,7-9,11,14H,2,5-6,10,12-13H2,1H3,(H,20,22,25)/t14-/m0/s1. The Morgan fingerprint density at radius 1 is 1.38 bits per heavy atom. The highest BCUT2D eigenvalue weighted by atomic mass is 32.1. The zero-order valence-corrected chi connectivity index (χ0v) is 15.7. The lowest BCUT2D eigenvalue weighted by atomic mass is 9.97. The van der Waals surface area contributed by atoms with Gasteiger partial charge in [-0.05, 0) is 38.4 Å². The van der Waals surface area contributed by atoms with Crippen molar-refractivity contribution >= 4 is 33.4 Å². The molecule has 0 aliphatic carbocycles. The van der Waals surface area contributed by atoms with Crippen LogP contribution in [0.2, 0.25) is 0 Å². The molecule has 3 aromatic rings. The first-order valence-corrected chi connectivity index (χ1v) is 9.99. The maximum atomic E-state index is 12.5. The van der Waals surface area contributed by atoms with Gasteiger partial charge in [-0.3, -0.25) is 9.69 Å². The first-order valence-electron chi connectivity index (χ1n) is 9.11. The minimum absolute atomic E-state index is 0.00658. The predicted molar refractivity (Wildman–Crippen MR) is 104 cm³/mol. The highest BCUT2D eigenvalue weighted by Crippen LogP contribution is 2.23. The van der Waals surface area contributed by atoms with Gasteiger partial charge in [0.15, 0.2) is 5.13 Å². The van der Waals surface area contributed by atoms with E-state index in [-0.39, 0.29) is 11.8 Å². The van der Waals surface area contributed by atoms with E-state index in [9.17, 15) is 4.79 Å². The van der Waals surface area contributed by atoms with E-state index in [0.717, 1.165) is 50.4 Å². The highest BCUT2D eigenvalue weighted by molar-refractivity contribution is 7.13. The minimum Gasteiger partial charge on any atom is -0.327 e. The van der Waals surface area contributed by atoms with Gasteiger partial charge in [0, 0.05) is 24.7 Å². The topological polar surface area (TPSA) is 63.1 Å². The summed E-state index contributed by atoms with van der Waals surface area (Å²) in [4.78, 5) is 23.9. The van der Waals surface area contributed by atoms with Crippen LogP contribution in [0.5, 0.6) is 0 Å². The predicted octanol–water partition coefficient (Wildman–Crippen LogP) is 3.36. The third-order valence-electron chi connectivity index (χ3n) is 4.95. The van der Waals surface area contributed by atoms with Crippen LogP contribution in [0.1, 0.15) is 25.6 Å². The smallest absolute Gasteiger partial charge is 0.230 e. The van der Waals surface area contributed by atoms with Gasteiger partial charge in [0.25, 0.3) is 0 Å². The summed E-state index contributed by atoms with van der Waals surface area (Å²) in [6.45, 7) is 5.61. The molecule has 136 valence electrons. The molecule has 1 atom stereocenters. The second-order valence-corrected chi connectivity index (χ2v) is 7.56. The summed E-state index contributed by atoms with van der Waals surface area (Å²) in [6, 6.07) is 8.26. The molecule has 1 fully saturated rings.